The third-order valence-corrected chi connectivity index (χ3v) is 6.65. The Morgan fingerprint density at radius 1 is 1.05 bits per heavy atom. The summed E-state index contributed by atoms with van der Waals surface area (Å²) in [7, 11) is 0. The number of hydrogen-bond acceptors (Lipinski definition) is 2. The van der Waals surface area contributed by atoms with Gasteiger partial charge in [0.15, 0.2) is 5.79 Å². The van der Waals surface area contributed by atoms with Gasteiger partial charge in [-0.25, -0.2) is 0 Å². The molecule has 1 aliphatic heterocycles. The molecule has 2 nitrogen and oxygen atoms in total. The molecule has 3 fully saturated rings. The van der Waals surface area contributed by atoms with Gasteiger partial charge in [0.05, 0.1) is 11.7 Å². The molecule has 0 aromatic carbocycles. The van der Waals surface area contributed by atoms with Crippen molar-refractivity contribution in [2.75, 3.05) is 0 Å². The molecule has 0 radical (unpaired) electrons. The van der Waals surface area contributed by atoms with Crippen molar-refractivity contribution in [1.82, 2.24) is 0 Å². The molecular weight excluding hydrogens is 248 g/mol. The molecule has 2 heteroatoms. The first-order valence-corrected chi connectivity index (χ1v) is 7.90. The smallest absolute Gasteiger partial charge is 0.164 e. The van der Waals surface area contributed by atoms with Crippen LogP contribution in [-0.4, -0.2) is 17.5 Å². The van der Waals surface area contributed by atoms with Gasteiger partial charge in [-0.05, 0) is 46.0 Å². The third-order valence-electron chi connectivity index (χ3n) is 6.65. The lowest BCUT2D eigenvalue weighted by atomic mass is 9.64. The molecule has 4 rings (SSSR count). The van der Waals surface area contributed by atoms with E-state index in [1.165, 1.54) is 12.0 Å². The summed E-state index contributed by atoms with van der Waals surface area (Å²) in [6.45, 7) is 13.5. The molecule has 20 heavy (non-hydrogen) atoms. The maximum Gasteiger partial charge on any atom is 0.164 e. The summed E-state index contributed by atoms with van der Waals surface area (Å²) in [5.74, 6) is 0.0851. The average Bonchev–Trinajstić information content (AvgIpc) is 2.80. The number of rotatable bonds is 0. The van der Waals surface area contributed by atoms with Crippen LogP contribution in [0, 0.1) is 16.7 Å². The molecule has 4 atom stereocenters. The second-order valence-electron chi connectivity index (χ2n) is 8.49. The quantitative estimate of drug-likeness (QED) is 0.658. The second-order valence-corrected chi connectivity index (χ2v) is 8.49. The van der Waals surface area contributed by atoms with E-state index in [0.717, 1.165) is 6.42 Å². The molecule has 1 heterocycles. The largest absolute Gasteiger partial charge is 0.344 e. The van der Waals surface area contributed by atoms with Crippen LogP contribution in [-0.2, 0) is 9.47 Å². The topological polar surface area (TPSA) is 18.5 Å². The van der Waals surface area contributed by atoms with Crippen molar-refractivity contribution in [3.8, 4) is 0 Å². The molecule has 1 spiro atoms. The van der Waals surface area contributed by atoms with E-state index >= 15 is 0 Å². The molecule has 110 valence electrons. The van der Waals surface area contributed by atoms with Gasteiger partial charge in [0, 0.05) is 11.3 Å². The molecule has 0 N–H and O–H groups in total. The molecule has 3 aliphatic carbocycles. The summed E-state index contributed by atoms with van der Waals surface area (Å²) >= 11 is 0. The lowest BCUT2D eigenvalue weighted by molar-refractivity contribution is -0.174. The van der Waals surface area contributed by atoms with Gasteiger partial charge in [-0.3, -0.25) is 0 Å². The zero-order valence-electron chi connectivity index (χ0n) is 13.5. The number of hydrogen-bond donors (Lipinski definition) is 0. The van der Waals surface area contributed by atoms with Gasteiger partial charge in [0.1, 0.15) is 0 Å². The highest BCUT2D eigenvalue weighted by Crippen LogP contribution is 2.72. The Hall–Kier alpha value is -0.600. The van der Waals surface area contributed by atoms with Crippen LogP contribution in [0.2, 0.25) is 0 Å². The third kappa shape index (κ3) is 1.24. The fraction of sp³-hybridized carbons (Fsp3) is 0.778. The molecule has 4 unspecified atom stereocenters. The minimum absolute atomic E-state index is 0.149. The van der Waals surface area contributed by atoms with Gasteiger partial charge >= 0.3 is 0 Å². The average molecular weight is 274 g/mol. The normalized spacial score (nSPS) is 50.5. The summed E-state index contributed by atoms with van der Waals surface area (Å²) in [5.41, 5.74) is 3.44. The molecule has 2 bridgehead atoms. The Kier molecular flexibility index (Phi) is 2.13. The lowest BCUT2D eigenvalue weighted by Crippen LogP contribution is -2.51. The predicted molar refractivity (Wildman–Crippen MR) is 79.2 cm³/mol. The van der Waals surface area contributed by atoms with Crippen molar-refractivity contribution in [1.29, 1.82) is 0 Å². The van der Waals surface area contributed by atoms with Crippen molar-refractivity contribution in [2.24, 2.45) is 16.7 Å². The van der Waals surface area contributed by atoms with E-state index in [9.17, 15) is 0 Å². The second kappa shape index (κ2) is 3.25. The van der Waals surface area contributed by atoms with E-state index in [0.29, 0.717) is 5.92 Å². The summed E-state index contributed by atoms with van der Waals surface area (Å²) in [5, 5.41) is 0. The monoisotopic (exact) mass is 274 g/mol. The van der Waals surface area contributed by atoms with Crippen molar-refractivity contribution in [3.63, 3.8) is 0 Å². The van der Waals surface area contributed by atoms with E-state index in [-0.39, 0.29) is 22.5 Å². The van der Waals surface area contributed by atoms with Crippen LogP contribution in [0.4, 0.5) is 0 Å². The number of fused-ring (bicyclic) bond motifs is 3. The van der Waals surface area contributed by atoms with Crippen LogP contribution >= 0.6 is 0 Å². The van der Waals surface area contributed by atoms with Crippen molar-refractivity contribution in [2.45, 2.75) is 71.9 Å². The summed E-state index contributed by atoms with van der Waals surface area (Å²) in [4.78, 5) is 0. The van der Waals surface area contributed by atoms with E-state index in [4.69, 9.17) is 9.47 Å². The highest BCUT2D eigenvalue weighted by Gasteiger charge is 2.70. The van der Waals surface area contributed by atoms with Crippen molar-refractivity contribution >= 4 is 0 Å². The molecular formula is C18H26O2. The van der Waals surface area contributed by atoms with Crippen LogP contribution in [0.15, 0.2) is 23.3 Å². The maximum absolute atomic E-state index is 6.43. The highest BCUT2D eigenvalue weighted by molar-refractivity contribution is 5.49. The van der Waals surface area contributed by atoms with Crippen LogP contribution in [0.1, 0.15) is 54.4 Å². The van der Waals surface area contributed by atoms with Gasteiger partial charge in [-0.1, -0.05) is 37.1 Å². The Balaban J connectivity index is 1.87. The Labute approximate surface area is 122 Å². The lowest BCUT2D eigenvalue weighted by Gasteiger charge is -2.45. The fourth-order valence-electron chi connectivity index (χ4n) is 5.84. The zero-order valence-corrected chi connectivity index (χ0v) is 13.5. The van der Waals surface area contributed by atoms with Gasteiger partial charge in [-0.15, -0.1) is 0 Å². The first kappa shape index (κ1) is 13.1. The molecule has 4 aliphatic rings. The zero-order chi connectivity index (χ0) is 14.6. The number of ether oxygens (including phenoxy) is 2. The molecule has 0 aromatic heterocycles. The minimum atomic E-state index is -0.448. The van der Waals surface area contributed by atoms with E-state index in [2.05, 4.69) is 53.7 Å². The highest BCUT2D eigenvalue weighted by atomic mass is 16.8. The van der Waals surface area contributed by atoms with Gasteiger partial charge < -0.3 is 9.47 Å². The summed E-state index contributed by atoms with van der Waals surface area (Å²) in [6, 6.07) is 0. The Morgan fingerprint density at radius 2 is 1.75 bits per heavy atom. The van der Waals surface area contributed by atoms with Crippen LogP contribution in [0.3, 0.4) is 0 Å². The van der Waals surface area contributed by atoms with E-state index in [1.54, 1.807) is 5.57 Å². The maximum atomic E-state index is 6.43. The minimum Gasteiger partial charge on any atom is -0.344 e. The van der Waals surface area contributed by atoms with E-state index < -0.39 is 5.79 Å². The number of allylic oxidation sites excluding steroid dienone is 4. The van der Waals surface area contributed by atoms with Gasteiger partial charge in [0.2, 0.25) is 0 Å². The van der Waals surface area contributed by atoms with Crippen molar-refractivity contribution < 1.29 is 9.47 Å². The fourth-order valence-corrected chi connectivity index (χ4v) is 5.84. The Morgan fingerprint density at radius 3 is 2.45 bits per heavy atom. The standard InChI is InChI=1S/C18H26O2/c1-11-7-8-12-15(2,3)13-9-18(11,12)10-14-17(13,6)20-16(4,5)19-14/h7-8,13-14H,9-10H2,1-6H3. The summed E-state index contributed by atoms with van der Waals surface area (Å²) < 4.78 is 12.7. The molecule has 0 amide bonds. The van der Waals surface area contributed by atoms with Gasteiger partial charge in [-0.2, -0.15) is 0 Å². The first-order chi connectivity index (χ1) is 9.12. The molecule has 1 saturated heterocycles. The van der Waals surface area contributed by atoms with Crippen LogP contribution in [0.25, 0.3) is 0 Å². The predicted octanol–water partition coefficient (Wildman–Crippen LogP) is 4.22. The summed E-state index contributed by atoms with van der Waals surface area (Å²) in [6.07, 6.45) is 7.23. The van der Waals surface area contributed by atoms with Gasteiger partial charge in [0.25, 0.3) is 0 Å². The van der Waals surface area contributed by atoms with Crippen LogP contribution in [0.5, 0.6) is 0 Å². The van der Waals surface area contributed by atoms with Crippen LogP contribution < -0.4 is 0 Å². The Bertz CT molecular complexity index is 554. The molecule has 0 aromatic rings. The first-order valence-electron chi connectivity index (χ1n) is 7.90. The SMILES string of the molecule is CC1=CC=C2C13CC1OC(C)(C)OC1(C)C(C3)C2(C)C. The van der Waals surface area contributed by atoms with E-state index in [1.807, 2.05) is 0 Å². The van der Waals surface area contributed by atoms with Crippen molar-refractivity contribution in [3.05, 3.63) is 23.3 Å². The molecule has 2 saturated carbocycles.